The average molecular weight is 171 g/mol. The Labute approximate surface area is 70.4 Å². The van der Waals surface area contributed by atoms with Gasteiger partial charge in [0.1, 0.15) is 5.82 Å². The lowest BCUT2D eigenvalue weighted by atomic mass is 10.4. The Morgan fingerprint density at radius 1 is 1.75 bits per heavy atom. The Balaban J connectivity index is 2.68. The van der Waals surface area contributed by atoms with Gasteiger partial charge in [0.15, 0.2) is 0 Å². The molecule has 0 radical (unpaired) electrons. The van der Waals surface area contributed by atoms with Crippen LogP contribution in [0.4, 0.5) is 5.82 Å². The normalized spacial score (nSPS) is 13.2. The fourth-order valence-corrected chi connectivity index (χ4v) is 0.969. The molecule has 12 heavy (non-hydrogen) atoms. The highest BCUT2D eigenvalue weighted by atomic mass is 16.3. The van der Waals surface area contributed by atoms with Crippen LogP contribution in [0.1, 0.15) is 5.69 Å². The lowest BCUT2D eigenvalue weighted by Crippen LogP contribution is -2.21. The van der Waals surface area contributed by atoms with E-state index in [9.17, 15) is 0 Å². The minimum Gasteiger partial charge on any atom is -0.394 e. The zero-order chi connectivity index (χ0) is 9.14. The van der Waals surface area contributed by atoms with Crippen molar-refractivity contribution >= 4 is 5.82 Å². The van der Waals surface area contributed by atoms with E-state index in [-0.39, 0.29) is 13.2 Å². The first-order chi connectivity index (χ1) is 5.63. The summed E-state index contributed by atoms with van der Waals surface area (Å²) in [7, 11) is 0. The molecule has 0 aromatic carbocycles. The van der Waals surface area contributed by atoms with Crippen LogP contribution in [-0.2, 0) is 6.54 Å². The molecule has 0 aliphatic heterocycles. The van der Waals surface area contributed by atoms with E-state index in [1.54, 1.807) is 6.07 Å². The highest BCUT2D eigenvalue weighted by Crippen LogP contribution is 2.05. The molecular weight excluding hydrogens is 158 g/mol. The van der Waals surface area contributed by atoms with Gasteiger partial charge in [0.25, 0.3) is 0 Å². The summed E-state index contributed by atoms with van der Waals surface area (Å²) in [5, 5.41) is 21.7. The van der Waals surface area contributed by atoms with E-state index in [1.165, 1.54) is 4.68 Å². The number of hydrogen-bond acceptors (Lipinski definition) is 4. The Kier molecular flexibility index (Phi) is 2.67. The third-order valence-electron chi connectivity index (χ3n) is 1.53. The molecule has 0 amide bonds. The zero-order valence-electron chi connectivity index (χ0n) is 6.94. The van der Waals surface area contributed by atoms with Gasteiger partial charge in [-0.1, -0.05) is 0 Å². The maximum Gasteiger partial charge on any atom is 0.122 e. The highest BCUT2D eigenvalue weighted by molar-refractivity contribution is 5.30. The fourth-order valence-electron chi connectivity index (χ4n) is 0.969. The third-order valence-corrected chi connectivity index (χ3v) is 1.53. The maximum absolute atomic E-state index is 9.08. The number of rotatable bonds is 3. The minimum absolute atomic E-state index is 0.232. The second-order valence-electron chi connectivity index (χ2n) is 2.73. The van der Waals surface area contributed by atoms with Crippen molar-refractivity contribution < 1.29 is 10.2 Å². The van der Waals surface area contributed by atoms with Gasteiger partial charge < -0.3 is 15.9 Å². The summed E-state index contributed by atoms with van der Waals surface area (Å²) in [5.41, 5.74) is 6.36. The molecule has 1 aromatic heterocycles. The molecule has 0 spiro atoms. The SMILES string of the molecule is Cc1cc(N)n(CC(O)CO)n1. The van der Waals surface area contributed by atoms with Gasteiger partial charge in [-0.2, -0.15) is 5.10 Å². The van der Waals surface area contributed by atoms with Gasteiger partial charge in [-0.3, -0.25) is 0 Å². The van der Waals surface area contributed by atoms with E-state index in [1.807, 2.05) is 6.92 Å². The number of nitrogens with zero attached hydrogens (tertiary/aromatic N) is 2. The molecule has 1 rings (SSSR count). The molecule has 0 aliphatic rings. The molecule has 1 unspecified atom stereocenters. The predicted octanol–water partition coefficient (Wildman–Crippen LogP) is -0.873. The van der Waals surface area contributed by atoms with E-state index >= 15 is 0 Å². The van der Waals surface area contributed by atoms with E-state index in [0.717, 1.165) is 5.69 Å². The van der Waals surface area contributed by atoms with Gasteiger partial charge in [0.2, 0.25) is 0 Å². The molecule has 0 saturated carbocycles. The van der Waals surface area contributed by atoms with E-state index < -0.39 is 6.10 Å². The van der Waals surface area contributed by atoms with Gasteiger partial charge in [0, 0.05) is 6.07 Å². The average Bonchev–Trinajstić information content (AvgIpc) is 2.30. The van der Waals surface area contributed by atoms with Gasteiger partial charge >= 0.3 is 0 Å². The number of hydrogen-bond donors (Lipinski definition) is 3. The van der Waals surface area contributed by atoms with Crippen LogP contribution in [0.2, 0.25) is 0 Å². The monoisotopic (exact) mass is 171 g/mol. The first-order valence-corrected chi connectivity index (χ1v) is 3.72. The topological polar surface area (TPSA) is 84.3 Å². The van der Waals surface area contributed by atoms with Crippen LogP contribution < -0.4 is 5.73 Å². The van der Waals surface area contributed by atoms with Crippen LogP contribution in [0.15, 0.2) is 6.07 Å². The summed E-state index contributed by atoms with van der Waals surface area (Å²) >= 11 is 0. The minimum atomic E-state index is -0.799. The molecule has 5 nitrogen and oxygen atoms in total. The molecule has 4 N–H and O–H groups in total. The molecule has 1 heterocycles. The largest absolute Gasteiger partial charge is 0.394 e. The second kappa shape index (κ2) is 3.55. The van der Waals surface area contributed by atoms with Crippen LogP contribution in [0.25, 0.3) is 0 Å². The summed E-state index contributed by atoms with van der Waals surface area (Å²) in [6.45, 7) is 1.77. The molecule has 0 bridgehead atoms. The molecule has 1 atom stereocenters. The predicted molar refractivity (Wildman–Crippen MR) is 44.5 cm³/mol. The molecule has 0 saturated heterocycles. The van der Waals surface area contributed by atoms with Gasteiger partial charge in [-0.25, -0.2) is 4.68 Å². The number of aliphatic hydroxyl groups excluding tert-OH is 2. The third kappa shape index (κ3) is 1.96. The smallest absolute Gasteiger partial charge is 0.122 e. The van der Waals surface area contributed by atoms with Gasteiger partial charge in [0.05, 0.1) is 24.9 Å². The Hall–Kier alpha value is -1.07. The van der Waals surface area contributed by atoms with E-state index in [0.29, 0.717) is 5.82 Å². The highest BCUT2D eigenvalue weighted by Gasteiger charge is 2.06. The number of anilines is 1. The Morgan fingerprint density at radius 2 is 2.42 bits per heavy atom. The summed E-state index contributed by atoms with van der Waals surface area (Å²) in [4.78, 5) is 0. The Bertz CT molecular complexity index is 259. The number of aromatic nitrogens is 2. The van der Waals surface area contributed by atoms with E-state index in [4.69, 9.17) is 15.9 Å². The molecule has 1 aromatic rings. The number of nitrogen functional groups attached to an aromatic ring is 1. The van der Waals surface area contributed by atoms with Crippen molar-refractivity contribution in [2.75, 3.05) is 12.3 Å². The van der Waals surface area contributed by atoms with Crippen LogP contribution in [0.5, 0.6) is 0 Å². The first-order valence-electron chi connectivity index (χ1n) is 3.72. The number of aryl methyl sites for hydroxylation is 1. The summed E-state index contributed by atoms with van der Waals surface area (Å²) < 4.78 is 1.47. The van der Waals surface area contributed by atoms with Crippen molar-refractivity contribution in [3.8, 4) is 0 Å². The fraction of sp³-hybridized carbons (Fsp3) is 0.571. The second-order valence-corrected chi connectivity index (χ2v) is 2.73. The van der Waals surface area contributed by atoms with Gasteiger partial charge in [-0.05, 0) is 6.92 Å². The molecular formula is C7H13N3O2. The first kappa shape index (κ1) is 9.02. The lowest BCUT2D eigenvalue weighted by molar-refractivity contribution is 0.0787. The van der Waals surface area contributed by atoms with Crippen molar-refractivity contribution in [2.24, 2.45) is 0 Å². The van der Waals surface area contributed by atoms with Crippen molar-refractivity contribution in [3.05, 3.63) is 11.8 Å². The summed E-state index contributed by atoms with van der Waals surface area (Å²) in [6.07, 6.45) is -0.799. The standard InChI is InChI=1S/C7H13N3O2/c1-5-2-7(8)10(9-5)3-6(12)4-11/h2,6,11-12H,3-4,8H2,1H3. The summed E-state index contributed by atoms with van der Waals surface area (Å²) in [5.74, 6) is 0.500. The van der Waals surface area contributed by atoms with Crippen molar-refractivity contribution in [1.29, 1.82) is 0 Å². The number of nitrogens with two attached hydrogens (primary N) is 1. The Morgan fingerprint density at radius 3 is 2.83 bits per heavy atom. The van der Waals surface area contributed by atoms with Crippen LogP contribution in [-0.4, -0.2) is 32.7 Å². The van der Waals surface area contributed by atoms with Crippen molar-refractivity contribution in [3.63, 3.8) is 0 Å². The van der Waals surface area contributed by atoms with Gasteiger partial charge in [-0.15, -0.1) is 0 Å². The van der Waals surface area contributed by atoms with E-state index in [2.05, 4.69) is 5.10 Å². The zero-order valence-corrected chi connectivity index (χ0v) is 6.94. The summed E-state index contributed by atoms with van der Waals surface area (Å²) in [6, 6.07) is 1.71. The molecule has 0 aliphatic carbocycles. The van der Waals surface area contributed by atoms with Crippen LogP contribution in [0.3, 0.4) is 0 Å². The molecule has 0 fully saturated rings. The maximum atomic E-state index is 9.08. The molecule has 68 valence electrons. The lowest BCUT2D eigenvalue weighted by Gasteiger charge is -2.07. The quantitative estimate of drug-likeness (QED) is 0.551. The van der Waals surface area contributed by atoms with Crippen molar-refractivity contribution in [1.82, 2.24) is 9.78 Å². The molecule has 5 heteroatoms. The van der Waals surface area contributed by atoms with Crippen LogP contribution >= 0.6 is 0 Å². The number of aliphatic hydroxyl groups is 2. The van der Waals surface area contributed by atoms with Crippen molar-refractivity contribution in [2.45, 2.75) is 19.6 Å². The van der Waals surface area contributed by atoms with Crippen LogP contribution in [0, 0.1) is 6.92 Å².